The number of fused-ring (bicyclic) bond motifs is 1. The van der Waals surface area contributed by atoms with Gasteiger partial charge in [-0.05, 0) is 12.1 Å². The SMILES string of the molecule is NC(=O)N/N=C\c1cc2ccccc2nc1Cl. The molecule has 0 aliphatic heterocycles. The highest BCUT2D eigenvalue weighted by Crippen LogP contribution is 2.18. The molecule has 2 aromatic rings. The van der Waals surface area contributed by atoms with Crippen LogP contribution in [-0.4, -0.2) is 17.2 Å². The van der Waals surface area contributed by atoms with E-state index in [1.165, 1.54) is 6.21 Å². The summed E-state index contributed by atoms with van der Waals surface area (Å²) in [5.41, 5.74) is 8.38. The molecule has 6 heteroatoms. The van der Waals surface area contributed by atoms with Crippen LogP contribution in [0.15, 0.2) is 35.4 Å². The van der Waals surface area contributed by atoms with E-state index < -0.39 is 6.03 Å². The van der Waals surface area contributed by atoms with Crippen molar-refractivity contribution >= 4 is 34.7 Å². The number of nitrogens with one attached hydrogen (secondary N) is 1. The minimum Gasteiger partial charge on any atom is -0.350 e. The molecule has 86 valence electrons. The first-order valence-corrected chi connectivity index (χ1v) is 5.18. The third-order valence-corrected chi connectivity index (χ3v) is 2.39. The van der Waals surface area contributed by atoms with E-state index in [-0.39, 0.29) is 0 Å². The van der Waals surface area contributed by atoms with Crippen molar-refractivity contribution in [2.75, 3.05) is 0 Å². The number of urea groups is 1. The first-order valence-electron chi connectivity index (χ1n) is 4.80. The maximum absolute atomic E-state index is 10.4. The van der Waals surface area contributed by atoms with Crippen molar-refractivity contribution in [3.05, 3.63) is 41.0 Å². The fraction of sp³-hybridized carbons (Fsp3) is 0. The zero-order chi connectivity index (χ0) is 12.3. The number of benzene rings is 1. The molecular formula is C11H9ClN4O. The van der Waals surface area contributed by atoms with Gasteiger partial charge < -0.3 is 5.73 Å². The standard InChI is InChI=1S/C11H9ClN4O/c12-10-8(6-14-16-11(13)17)5-7-3-1-2-4-9(7)15-10/h1-6H,(H3,13,16,17)/b14-6-. The van der Waals surface area contributed by atoms with Crippen LogP contribution >= 0.6 is 11.6 Å². The molecular weight excluding hydrogens is 240 g/mol. The van der Waals surface area contributed by atoms with E-state index >= 15 is 0 Å². The summed E-state index contributed by atoms with van der Waals surface area (Å²) in [6, 6.07) is 8.67. The van der Waals surface area contributed by atoms with Crippen LogP contribution in [0.2, 0.25) is 5.15 Å². The second kappa shape index (κ2) is 4.80. The van der Waals surface area contributed by atoms with Crippen molar-refractivity contribution in [1.82, 2.24) is 10.4 Å². The van der Waals surface area contributed by atoms with Crippen molar-refractivity contribution in [2.45, 2.75) is 0 Å². The highest BCUT2D eigenvalue weighted by atomic mass is 35.5. The Morgan fingerprint density at radius 2 is 2.24 bits per heavy atom. The van der Waals surface area contributed by atoms with Gasteiger partial charge in [0.05, 0.1) is 11.7 Å². The van der Waals surface area contributed by atoms with Crippen molar-refractivity contribution in [3.63, 3.8) is 0 Å². The smallest absolute Gasteiger partial charge is 0.332 e. The topological polar surface area (TPSA) is 80.4 Å². The van der Waals surface area contributed by atoms with Crippen molar-refractivity contribution < 1.29 is 4.79 Å². The average Bonchev–Trinajstić information content (AvgIpc) is 2.29. The second-order valence-corrected chi connectivity index (χ2v) is 3.65. The third-order valence-electron chi connectivity index (χ3n) is 2.08. The second-order valence-electron chi connectivity index (χ2n) is 3.30. The molecule has 1 aromatic carbocycles. The number of carbonyl (C=O) groups excluding carboxylic acids is 1. The van der Waals surface area contributed by atoms with Gasteiger partial charge in [-0.25, -0.2) is 15.2 Å². The molecule has 0 aliphatic rings. The van der Waals surface area contributed by atoms with E-state index in [1.54, 1.807) is 0 Å². The number of para-hydroxylation sites is 1. The molecule has 0 spiro atoms. The Balaban J connectivity index is 2.37. The zero-order valence-corrected chi connectivity index (χ0v) is 9.48. The maximum Gasteiger partial charge on any atom is 0.332 e. The molecule has 17 heavy (non-hydrogen) atoms. The van der Waals surface area contributed by atoms with Crippen LogP contribution in [0.5, 0.6) is 0 Å². The van der Waals surface area contributed by atoms with Gasteiger partial charge in [-0.3, -0.25) is 0 Å². The molecule has 3 N–H and O–H groups in total. The molecule has 2 rings (SSSR count). The van der Waals surface area contributed by atoms with Gasteiger partial charge >= 0.3 is 6.03 Å². The van der Waals surface area contributed by atoms with Gasteiger partial charge in [0.1, 0.15) is 5.15 Å². The first kappa shape index (κ1) is 11.3. The number of hydrazone groups is 1. The first-order chi connectivity index (χ1) is 8.16. The maximum atomic E-state index is 10.4. The summed E-state index contributed by atoms with van der Waals surface area (Å²) >= 11 is 5.97. The highest BCUT2D eigenvalue weighted by molar-refractivity contribution is 6.32. The Morgan fingerprint density at radius 1 is 1.47 bits per heavy atom. The number of aromatic nitrogens is 1. The monoisotopic (exact) mass is 248 g/mol. The molecule has 1 aromatic heterocycles. The Kier molecular flexibility index (Phi) is 3.20. The van der Waals surface area contributed by atoms with Gasteiger partial charge in [0.2, 0.25) is 0 Å². The molecule has 0 saturated heterocycles. The van der Waals surface area contributed by atoms with Gasteiger partial charge in [-0.15, -0.1) is 0 Å². The van der Waals surface area contributed by atoms with E-state index in [1.807, 2.05) is 30.3 Å². The normalized spacial score (nSPS) is 10.9. The summed E-state index contributed by atoms with van der Waals surface area (Å²) in [7, 11) is 0. The molecule has 5 nitrogen and oxygen atoms in total. The van der Waals surface area contributed by atoms with Crippen LogP contribution in [0, 0.1) is 0 Å². The van der Waals surface area contributed by atoms with Gasteiger partial charge in [0, 0.05) is 10.9 Å². The fourth-order valence-electron chi connectivity index (χ4n) is 1.36. The summed E-state index contributed by atoms with van der Waals surface area (Å²) < 4.78 is 0. The lowest BCUT2D eigenvalue weighted by atomic mass is 10.2. The number of nitrogens with two attached hydrogens (primary N) is 1. The van der Waals surface area contributed by atoms with Crippen molar-refractivity contribution in [2.24, 2.45) is 10.8 Å². The lowest BCUT2D eigenvalue weighted by molar-refractivity contribution is 0.249. The van der Waals surface area contributed by atoms with E-state index in [4.69, 9.17) is 17.3 Å². The molecule has 0 radical (unpaired) electrons. The quantitative estimate of drug-likeness (QED) is 0.483. The van der Waals surface area contributed by atoms with Gasteiger partial charge in [-0.1, -0.05) is 29.8 Å². The Bertz CT molecular complexity index is 597. The van der Waals surface area contributed by atoms with Crippen LogP contribution in [0.25, 0.3) is 10.9 Å². The van der Waals surface area contributed by atoms with Gasteiger partial charge in [0.15, 0.2) is 0 Å². The van der Waals surface area contributed by atoms with Crippen molar-refractivity contribution in [1.29, 1.82) is 0 Å². The zero-order valence-electron chi connectivity index (χ0n) is 8.72. The van der Waals surface area contributed by atoms with E-state index in [0.29, 0.717) is 10.7 Å². The van der Waals surface area contributed by atoms with Gasteiger partial charge in [0.25, 0.3) is 0 Å². The molecule has 2 amide bonds. The molecule has 0 saturated carbocycles. The summed E-state index contributed by atoms with van der Waals surface area (Å²) in [4.78, 5) is 14.6. The summed E-state index contributed by atoms with van der Waals surface area (Å²) in [6.45, 7) is 0. The third kappa shape index (κ3) is 2.70. The van der Waals surface area contributed by atoms with E-state index in [9.17, 15) is 4.79 Å². The molecule has 0 aliphatic carbocycles. The van der Waals surface area contributed by atoms with E-state index in [0.717, 1.165) is 10.9 Å². The van der Waals surface area contributed by atoms with Crippen LogP contribution in [0.3, 0.4) is 0 Å². The number of rotatable bonds is 2. The number of primary amides is 1. The number of nitrogens with zero attached hydrogens (tertiary/aromatic N) is 2. The molecule has 0 fully saturated rings. The average molecular weight is 249 g/mol. The number of halogens is 1. The van der Waals surface area contributed by atoms with Crippen LogP contribution in [-0.2, 0) is 0 Å². The largest absolute Gasteiger partial charge is 0.350 e. The number of amides is 2. The fourth-order valence-corrected chi connectivity index (χ4v) is 1.56. The van der Waals surface area contributed by atoms with Gasteiger partial charge in [-0.2, -0.15) is 5.10 Å². The Hall–Kier alpha value is -2.14. The minimum absolute atomic E-state index is 0.318. The number of hydrogen-bond acceptors (Lipinski definition) is 3. The number of pyridine rings is 1. The van der Waals surface area contributed by atoms with Crippen LogP contribution < -0.4 is 11.2 Å². The lowest BCUT2D eigenvalue weighted by Gasteiger charge is -2.01. The summed E-state index contributed by atoms with van der Waals surface area (Å²) in [5, 5.41) is 4.90. The van der Waals surface area contributed by atoms with Crippen LogP contribution in [0.1, 0.15) is 5.56 Å². The number of hydrogen-bond donors (Lipinski definition) is 2. The molecule has 0 bridgehead atoms. The minimum atomic E-state index is -0.730. The van der Waals surface area contributed by atoms with Crippen molar-refractivity contribution in [3.8, 4) is 0 Å². The Labute approximate surface area is 102 Å². The lowest BCUT2D eigenvalue weighted by Crippen LogP contribution is -2.24. The van der Waals surface area contributed by atoms with E-state index in [2.05, 4.69) is 15.5 Å². The Morgan fingerprint density at radius 3 is 3.00 bits per heavy atom. The molecule has 0 unspecified atom stereocenters. The predicted molar refractivity (Wildman–Crippen MR) is 67.1 cm³/mol. The predicted octanol–water partition coefficient (Wildman–Crippen LogP) is 1.89. The molecule has 1 heterocycles. The summed E-state index contributed by atoms with van der Waals surface area (Å²) in [5.74, 6) is 0. The summed E-state index contributed by atoms with van der Waals surface area (Å²) in [6.07, 6.45) is 1.40. The number of carbonyl (C=O) groups is 1. The highest BCUT2D eigenvalue weighted by Gasteiger charge is 2.02. The van der Waals surface area contributed by atoms with Crippen LogP contribution in [0.4, 0.5) is 4.79 Å². The molecule has 0 atom stereocenters.